The summed E-state index contributed by atoms with van der Waals surface area (Å²) in [4.78, 5) is 4.12. The first-order valence-electron chi connectivity index (χ1n) is 6.05. The summed E-state index contributed by atoms with van der Waals surface area (Å²) < 4.78 is 0. The topological polar surface area (TPSA) is 68.9 Å². The Morgan fingerprint density at radius 3 is 2.88 bits per heavy atom. The molecule has 0 atom stereocenters. The molecule has 0 bridgehead atoms. The summed E-state index contributed by atoms with van der Waals surface area (Å²) in [5, 5.41) is 22.3. The molecule has 0 saturated heterocycles. The molecule has 4 heteroatoms. The van der Waals surface area contributed by atoms with Crippen LogP contribution >= 0.6 is 0 Å². The predicted molar refractivity (Wildman–Crippen MR) is 65.5 cm³/mol. The van der Waals surface area contributed by atoms with E-state index in [1.54, 1.807) is 18.3 Å². The molecule has 2 N–H and O–H groups in total. The number of hydrogen-bond acceptors (Lipinski definition) is 4. The summed E-state index contributed by atoms with van der Waals surface area (Å²) in [6, 6.07) is 5.55. The zero-order chi connectivity index (χ0) is 12.1. The molecule has 17 heavy (non-hydrogen) atoms. The van der Waals surface area contributed by atoms with Gasteiger partial charge in [0.25, 0.3) is 0 Å². The molecule has 0 aromatic carbocycles. The number of nitriles is 1. The van der Waals surface area contributed by atoms with Gasteiger partial charge >= 0.3 is 0 Å². The zero-order valence-electron chi connectivity index (χ0n) is 9.82. The molecule has 90 valence electrons. The summed E-state index contributed by atoms with van der Waals surface area (Å²) in [6.07, 6.45) is 6.66. The van der Waals surface area contributed by atoms with Crippen LogP contribution in [0, 0.1) is 11.3 Å². The number of nitrogens with one attached hydrogen (secondary N) is 1. The Morgan fingerprint density at radius 1 is 1.41 bits per heavy atom. The van der Waals surface area contributed by atoms with Crippen LogP contribution in [0.1, 0.15) is 37.7 Å². The van der Waals surface area contributed by atoms with E-state index >= 15 is 0 Å². The average Bonchev–Trinajstić information content (AvgIpc) is 2.38. The van der Waals surface area contributed by atoms with Gasteiger partial charge in [-0.15, -0.1) is 0 Å². The molecule has 1 aromatic heterocycles. The number of aromatic nitrogens is 1. The van der Waals surface area contributed by atoms with Crippen molar-refractivity contribution in [2.24, 2.45) is 0 Å². The van der Waals surface area contributed by atoms with Gasteiger partial charge in [-0.05, 0) is 25.0 Å². The molecule has 1 heterocycles. The van der Waals surface area contributed by atoms with Gasteiger partial charge < -0.3 is 10.4 Å². The minimum absolute atomic E-state index is 0.471. The van der Waals surface area contributed by atoms with Crippen molar-refractivity contribution in [2.45, 2.75) is 37.7 Å². The highest BCUT2D eigenvalue weighted by Gasteiger charge is 2.29. The van der Waals surface area contributed by atoms with E-state index in [1.165, 1.54) is 6.42 Å². The van der Waals surface area contributed by atoms with Crippen molar-refractivity contribution in [3.05, 3.63) is 23.9 Å². The van der Waals surface area contributed by atoms with Gasteiger partial charge in [-0.2, -0.15) is 5.26 Å². The molecule has 1 aromatic rings. The van der Waals surface area contributed by atoms with Gasteiger partial charge in [-0.1, -0.05) is 19.3 Å². The third-order valence-electron chi connectivity index (χ3n) is 3.30. The Balaban J connectivity index is 2.00. The highest BCUT2D eigenvalue weighted by molar-refractivity contribution is 5.51. The lowest BCUT2D eigenvalue weighted by atomic mass is 9.85. The number of rotatable bonds is 3. The van der Waals surface area contributed by atoms with Gasteiger partial charge in [0.15, 0.2) is 0 Å². The number of aliphatic hydroxyl groups is 1. The maximum atomic E-state index is 10.3. The Labute approximate surface area is 101 Å². The molecule has 2 rings (SSSR count). The van der Waals surface area contributed by atoms with Gasteiger partial charge in [0.1, 0.15) is 11.9 Å². The molecule has 1 saturated carbocycles. The van der Waals surface area contributed by atoms with E-state index in [0.29, 0.717) is 17.9 Å². The largest absolute Gasteiger partial charge is 0.388 e. The molecular weight excluding hydrogens is 214 g/mol. The number of pyridine rings is 1. The SMILES string of the molecule is N#Cc1cccnc1NCC1(O)CCCCC1. The fourth-order valence-corrected chi connectivity index (χ4v) is 2.27. The van der Waals surface area contributed by atoms with Gasteiger partial charge in [-0.25, -0.2) is 4.98 Å². The van der Waals surface area contributed by atoms with Gasteiger partial charge in [0, 0.05) is 12.7 Å². The summed E-state index contributed by atoms with van der Waals surface area (Å²) in [7, 11) is 0. The molecular formula is C13H17N3O. The Bertz CT molecular complexity index is 419. The van der Waals surface area contributed by atoms with Crippen molar-refractivity contribution in [1.82, 2.24) is 4.98 Å². The zero-order valence-corrected chi connectivity index (χ0v) is 9.82. The van der Waals surface area contributed by atoms with Crippen LogP contribution in [0.3, 0.4) is 0 Å². The number of anilines is 1. The first-order chi connectivity index (χ1) is 8.23. The summed E-state index contributed by atoms with van der Waals surface area (Å²) in [5.41, 5.74) is -0.116. The lowest BCUT2D eigenvalue weighted by Gasteiger charge is -2.32. The first-order valence-corrected chi connectivity index (χ1v) is 6.05. The molecule has 0 amide bonds. The van der Waals surface area contributed by atoms with Crippen LogP contribution in [-0.4, -0.2) is 22.2 Å². The third kappa shape index (κ3) is 2.95. The standard InChI is InChI=1S/C13H17N3O/c14-9-11-5-4-8-15-12(11)16-10-13(17)6-2-1-3-7-13/h4-5,8,17H,1-3,6-7,10H2,(H,15,16). The predicted octanol–water partition coefficient (Wildman–Crippen LogP) is 2.06. The van der Waals surface area contributed by atoms with Crippen molar-refractivity contribution in [1.29, 1.82) is 5.26 Å². The summed E-state index contributed by atoms with van der Waals surface area (Å²) >= 11 is 0. The molecule has 0 radical (unpaired) electrons. The maximum absolute atomic E-state index is 10.3. The van der Waals surface area contributed by atoms with Crippen LogP contribution in [0.15, 0.2) is 18.3 Å². The van der Waals surface area contributed by atoms with Crippen molar-refractivity contribution in [3.8, 4) is 6.07 Å². The van der Waals surface area contributed by atoms with E-state index in [-0.39, 0.29) is 0 Å². The van der Waals surface area contributed by atoms with Crippen LogP contribution < -0.4 is 5.32 Å². The fourth-order valence-electron chi connectivity index (χ4n) is 2.27. The van der Waals surface area contributed by atoms with E-state index < -0.39 is 5.60 Å². The molecule has 1 aliphatic rings. The summed E-state index contributed by atoms with van der Waals surface area (Å²) in [6.45, 7) is 0.471. The lowest BCUT2D eigenvalue weighted by molar-refractivity contribution is 0.0166. The van der Waals surface area contributed by atoms with Gasteiger partial charge in [0.05, 0.1) is 11.2 Å². The Morgan fingerprint density at radius 2 is 2.18 bits per heavy atom. The molecule has 0 aliphatic heterocycles. The smallest absolute Gasteiger partial charge is 0.143 e. The second-order valence-corrected chi connectivity index (χ2v) is 4.65. The maximum Gasteiger partial charge on any atom is 0.143 e. The Kier molecular flexibility index (Phi) is 3.60. The Hall–Kier alpha value is -1.60. The highest BCUT2D eigenvalue weighted by Crippen LogP contribution is 2.28. The molecule has 1 aliphatic carbocycles. The van der Waals surface area contributed by atoms with Crippen molar-refractivity contribution in [2.75, 3.05) is 11.9 Å². The van der Waals surface area contributed by atoms with E-state index in [1.807, 2.05) is 0 Å². The van der Waals surface area contributed by atoms with Crippen LogP contribution in [-0.2, 0) is 0 Å². The second-order valence-electron chi connectivity index (χ2n) is 4.65. The van der Waals surface area contributed by atoms with Crippen LogP contribution in [0.4, 0.5) is 5.82 Å². The average molecular weight is 231 g/mol. The quantitative estimate of drug-likeness (QED) is 0.835. The normalized spacial score (nSPS) is 18.4. The van der Waals surface area contributed by atoms with E-state index in [2.05, 4.69) is 16.4 Å². The fraction of sp³-hybridized carbons (Fsp3) is 0.538. The molecule has 1 fully saturated rings. The molecule has 4 nitrogen and oxygen atoms in total. The minimum atomic E-state index is -0.636. The van der Waals surface area contributed by atoms with Crippen LogP contribution in [0.5, 0.6) is 0 Å². The summed E-state index contributed by atoms with van der Waals surface area (Å²) in [5.74, 6) is 0.564. The van der Waals surface area contributed by atoms with Crippen molar-refractivity contribution >= 4 is 5.82 Å². The lowest BCUT2D eigenvalue weighted by Crippen LogP contribution is -2.39. The van der Waals surface area contributed by atoms with E-state index in [9.17, 15) is 5.11 Å². The van der Waals surface area contributed by atoms with Gasteiger partial charge in [0.2, 0.25) is 0 Å². The molecule has 0 unspecified atom stereocenters. The van der Waals surface area contributed by atoms with Crippen molar-refractivity contribution < 1.29 is 5.11 Å². The highest BCUT2D eigenvalue weighted by atomic mass is 16.3. The van der Waals surface area contributed by atoms with E-state index in [0.717, 1.165) is 25.7 Å². The number of hydrogen-bond donors (Lipinski definition) is 2. The monoisotopic (exact) mass is 231 g/mol. The second kappa shape index (κ2) is 5.15. The third-order valence-corrected chi connectivity index (χ3v) is 3.30. The van der Waals surface area contributed by atoms with E-state index in [4.69, 9.17) is 5.26 Å². The van der Waals surface area contributed by atoms with Gasteiger partial charge in [-0.3, -0.25) is 0 Å². The van der Waals surface area contributed by atoms with Crippen molar-refractivity contribution in [3.63, 3.8) is 0 Å². The first kappa shape index (κ1) is 11.9. The minimum Gasteiger partial charge on any atom is -0.388 e. The van der Waals surface area contributed by atoms with Crippen LogP contribution in [0.25, 0.3) is 0 Å². The molecule has 0 spiro atoms. The van der Waals surface area contributed by atoms with Crippen LogP contribution in [0.2, 0.25) is 0 Å². The number of nitrogens with zero attached hydrogens (tertiary/aromatic N) is 2.